The lowest BCUT2D eigenvalue weighted by Gasteiger charge is -2.33. The average Bonchev–Trinajstić information content (AvgIpc) is 2.78. The number of hydrogen-bond acceptors (Lipinski definition) is 2. The molecule has 2 aromatic carbocycles. The molecular formula is C34H54N2. The molecule has 0 amide bonds. The zero-order chi connectivity index (χ0) is 26.7. The molecule has 1 unspecified atom stereocenters. The van der Waals surface area contributed by atoms with Crippen LogP contribution in [0.4, 0.5) is 5.69 Å². The summed E-state index contributed by atoms with van der Waals surface area (Å²) < 4.78 is 0. The maximum atomic E-state index is 4.48. The van der Waals surface area contributed by atoms with Crippen LogP contribution in [0.3, 0.4) is 0 Å². The topological polar surface area (TPSA) is 6.48 Å². The molecule has 2 aromatic rings. The van der Waals surface area contributed by atoms with Gasteiger partial charge in [0, 0.05) is 24.7 Å². The maximum absolute atomic E-state index is 4.48. The molecule has 0 radical (unpaired) electrons. The predicted octanol–water partition coefficient (Wildman–Crippen LogP) is 8.88. The van der Waals surface area contributed by atoms with Crippen LogP contribution in [0.15, 0.2) is 54.6 Å². The van der Waals surface area contributed by atoms with Crippen molar-refractivity contribution in [2.75, 3.05) is 38.6 Å². The van der Waals surface area contributed by atoms with E-state index in [1.165, 1.54) is 72.2 Å². The molecule has 0 saturated carbocycles. The molecule has 0 aliphatic carbocycles. The Bertz CT molecular complexity index is 897. The molecule has 200 valence electrons. The Morgan fingerprint density at radius 2 is 1.39 bits per heavy atom. The van der Waals surface area contributed by atoms with Crippen molar-refractivity contribution in [3.8, 4) is 0 Å². The molecule has 0 N–H and O–H groups in total. The Morgan fingerprint density at radius 3 is 1.94 bits per heavy atom. The molecule has 1 atom stereocenters. The summed E-state index contributed by atoms with van der Waals surface area (Å²) in [4.78, 5) is 4.92. The molecule has 0 fully saturated rings. The highest BCUT2D eigenvalue weighted by Gasteiger charge is 2.23. The molecule has 0 spiro atoms. The van der Waals surface area contributed by atoms with Crippen molar-refractivity contribution in [3.05, 3.63) is 76.9 Å². The van der Waals surface area contributed by atoms with Crippen LogP contribution in [0.2, 0.25) is 0 Å². The smallest absolute Gasteiger partial charge is 0.0408 e. The Balaban J connectivity index is 2.34. The van der Waals surface area contributed by atoms with Crippen molar-refractivity contribution in [1.82, 2.24) is 4.90 Å². The van der Waals surface area contributed by atoms with Gasteiger partial charge >= 0.3 is 0 Å². The average molecular weight is 491 g/mol. The van der Waals surface area contributed by atoms with Crippen LogP contribution in [-0.4, -0.2) is 38.6 Å². The van der Waals surface area contributed by atoms with Crippen LogP contribution in [0.25, 0.3) is 0 Å². The number of benzene rings is 2. The Hall–Kier alpha value is -2.06. The number of allylic oxidation sites excluding steroid dienone is 1. The van der Waals surface area contributed by atoms with Gasteiger partial charge in [-0.3, -0.25) is 0 Å². The van der Waals surface area contributed by atoms with Gasteiger partial charge in [-0.25, -0.2) is 0 Å². The molecule has 2 rings (SSSR count). The van der Waals surface area contributed by atoms with E-state index in [2.05, 4.69) is 114 Å². The summed E-state index contributed by atoms with van der Waals surface area (Å²) in [5.74, 6) is 1.45. The molecule has 0 aromatic heterocycles. The highest BCUT2D eigenvalue weighted by Crippen LogP contribution is 2.38. The van der Waals surface area contributed by atoms with E-state index in [1.54, 1.807) is 0 Å². The van der Waals surface area contributed by atoms with Crippen LogP contribution in [0.1, 0.15) is 94.9 Å². The number of unbranched alkanes of at least 4 members (excludes halogenated alkanes) is 4. The Morgan fingerprint density at radius 1 is 0.806 bits per heavy atom. The fourth-order valence-electron chi connectivity index (χ4n) is 5.21. The van der Waals surface area contributed by atoms with Crippen LogP contribution in [0, 0.1) is 18.8 Å². The summed E-state index contributed by atoms with van der Waals surface area (Å²) in [7, 11) is 4.33. The second-order valence-corrected chi connectivity index (χ2v) is 12.1. The first kappa shape index (κ1) is 30.2. The first-order valence-corrected chi connectivity index (χ1v) is 14.3. The number of nitrogens with zero attached hydrogens (tertiary/aromatic N) is 2. The zero-order valence-corrected chi connectivity index (χ0v) is 24.7. The second kappa shape index (κ2) is 15.3. The number of aryl methyl sites for hydroxylation is 2. The van der Waals surface area contributed by atoms with Gasteiger partial charge in [0.25, 0.3) is 0 Å². The lowest BCUT2D eigenvalue weighted by molar-refractivity contribution is 0.389. The van der Waals surface area contributed by atoms with E-state index < -0.39 is 0 Å². The van der Waals surface area contributed by atoms with E-state index in [0.29, 0.717) is 11.8 Å². The SMILES string of the molecule is C=C(C)C(c1ccc(C)cc1)c1cc(CCCCCCCN(C)C)ccc1N(CC(C)C)CC(C)C. The molecule has 0 aliphatic heterocycles. The Labute approximate surface area is 223 Å². The van der Waals surface area contributed by atoms with Gasteiger partial charge in [-0.15, -0.1) is 0 Å². The lowest BCUT2D eigenvalue weighted by Crippen LogP contribution is -2.32. The molecule has 0 saturated heterocycles. The van der Waals surface area contributed by atoms with Crippen molar-refractivity contribution in [3.63, 3.8) is 0 Å². The maximum Gasteiger partial charge on any atom is 0.0408 e. The minimum atomic E-state index is 0.216. The van der Waals surface area contributed by atoms with Crippen molar-refractivity contribution in [2.24, 2.45) is 11.8 Å². The molecule has 0 aliphatic rings. The van der Waals surface area contributed by atoms with Gasteiger partial charge in [0.05, 0.1) is 0 Å². The van der Waals surface area contributed by atoms with Crippen LogP contribution >= 0.6 is 0 Å². The zero-order valence-electron chi connectivity index (χ0n) is 24.7. The largest absolute Gasteiger partial charge is 0.371 e. The minimum absolute atomic E-state index is 0.216. The summed E-state index contributed by atoms with van der Waals surface area (Å²) >= 11 is 0. The van der Waals surface area contributed by atoms with Gasteiger partial charge in [0.2, 0.25) is 0 Å². The van der Waals surface area contributed by atoms with Gasteiger partial charge in [0.1, 0.15) is 0 Å². The fraction of sp³-hybridized carbons (Fsp3) is 0.588. The van der Waals surface area contributed by atoms with E-state index >= 15 is 0 Å². The molecule has 0 heterocycles. The summed E-state index contributed by atoms with van der Waals surface area (Å²) in [6.07, 6.45) is 7.74. The minimum Gasteiger partial charge on any atom is -0.371 e. The van der Waals surface area contributed by atoms with Gasteiger partial charge in [-0.05, 0) is 88.3 Å². The Kier molecular flexibility index (Phi) is 12.8. The number of rotatable bonds is 16. The predicted molar refractivity (Wildman–Crippen MR) is 162 cm³/mol. The molecule has 2 nitrogen and oxygen atoms in total. The summed E-state index contributed by atoms with van der Waals surface area (Å²) in [6, 6.07) is 16.4. The third kappa shape index (κ3) is 10.1. The van der Waals surface area contributed by atoms with Gasteiger partial charge in [-0.2, -0.15) is 0 Å². The van der Waals surface area contributed by atoms with E-state index in [1.807, 2.05) is 0 Å². The second-order valence-electron chi connectivity index (χ2n) is 12.1. The standard InChI is InChI=1S/C34H54N2/c1-26(2)24-36(25-27(3)4)33-21-18-30(15-13-11-10-12-14-22-35(8)9)23-32(33)34(28(5)6)31-19-16-29(7)17-20-31/h16-21,23,26-27,34H,5,10-15,22,24-25H2,1-4,6-9H3. The van der Waals surface area contributed by atoms with Gasteiger partial charge in [-0.1, -0.05) is 101 Å². The number of anilines is 1. The molecule has 2 heteroatoms. The van der Waals surface area contributed by atoms with Crippen LogP contribution < -0.4 is 4.90 Å². The fourth-order valence-corrected chi connectivity index (χ4v) is 5.21. The molecule has 0 bridgehead atoms. The summed E-state index contributed by atoms with van der Waals surface area (Å²) in [5.41, 5.74) is 8.15. The van der Waals surface area contributed by atoms with E-state index in [4.69, 9.17) is 0 Å². The summed E-state index contributed by atoms with van der Waals surface area (Å²) in [6.45, 7) is 21.5. The normalized spacial score (nSPS) is 12.5. The van der Waals surface area contributed by atoms with Crippen molar-refractivity contribution in [2.45, 2.75) is 86.0 Å². The quantitative estimate of drug-likeness (QED) is 0.171. The van der Waals surface area contributed by atoms with Crippen molar-refractivity contribution < 1.29 is 0 Å². The first-order chi connectivity index (χ1) is 17.1. The van der Waals surface area contributed by atoms with Crippen LogP contribution in [0.5, 0.6) is 0 Å². The van der Waals surface area contributed by atoms with Gasteiger partial charge < -0.3 is 9.80 Å². The van der Waals surface area contributed by atoms with Crippen LogP contribution in [-0.2, 0) is 6.42 Å². The lowest BCUT2D eigenvalue weighted by atomic mass is 9.83. The number of hydrogen-bond donors (Lipinski definition) is 0. The molecule has 36 heavy (non-hydrogen) atoms. The monoisotopic (exact) mass is 490 g/mol. The van der Waals surface area contributed by atoms with Crippen molar-refractivity contribution in [1.29, 1.82) is 0 Å². The van der Waals surface area contributed by atoms with E-state index in [0.717, 1.165) is 19.5 Å². The van der Waals surface area contributed by atoms with Crippen molar-refractivity contribution >= 4 is 5.69 Å². The third-order valence-corrected chi connectivity index (χ3v) is 6.89. The van der Waals surface area contributed by atoms with E-state index in [9.17, 15) is 0 Å². The highest BCUT2D eigenvalue weighted by atomic mass is 15.1. The molecular weight excluding hydrogens is 436 g/mol. The van der Waals surface area contributed by atoms with Gasteiger partial charge in [0.15, 0.2) is 0 Å². The van der Waals surface area contributed by atoms with E-state index in [-0.39, 0.29) is 5.92 Å². The highest BCUT2D eigenvalue weighted by molar-refractivity contribution is 5.61. The third-order valence-electron chi connectivity index (χ3n) is 6.89. The first-order valence-electron chi connectivity index (χ1n) is 14.3. The summed E-state index contributed by atoms with van der Waals surface area (Å²) in [5, 5.41) is 0.